The summed E-state index contributed by atoms with van der Waals surface area (Å²) < 4.78 is 37.7. The van der Waals surface area contributed by atoms with Crippen molar-refractivity contribution in [3.63, 3.8) is 0 Å². The second-order valence-electron chi connectivity index (χ2n) is 3.86. The molecule has 0 aromatic carbocycles. The Kier molecular flexibility index (Phi) is 3.59. The van der Waals surface area contributed by atoms with Crippen LogP contribution in [0.5, 0.6) is 0 Å². The van der Waals surface area contributed by atoms with Gasteiger partial charge < -0.3 is 5.32 Å². The summed E-state index contributed by atoms with van der Waals surface area (Å²) in [7, 11) is 0. The molecule has 0 unspecified atom stereocenters. The van der Waals surface area contributed by atoms with Crippen LogP contribution in [-0.2, 0) is 6.18 Å². The molecule has 9 heteroatoms. The Labute approximate surface area is 116 Å². The monoisotopic (exact) mass is 299 g/mol. The third-order valence-electron chi connectivity index (χ3n) is 2.40. The van der Waals surface area contributed by atoms with E-state index in [4.69, 9.17) is 5.26 Å². The fourth-order valence-electron chi connectivity index (χ4n) is 1.47. The Bertz CT molecular complexity index is 686. The maximum atomic E-state index is 12.6. The summed E-state index contributed by atoms with van der Waals surface area (Å²) in [6, 6.07) is 1.89. The van der Waals surface area contributed by atoms with Gasteiger partial charge >= 0.3 is 6.18 Å². The van der Waals surface area contributed by atoms with Crippen molar-refractivity contribution in [2.75, 3.05) is 5.32 Å². The highest BCUT2D eigenvalue weighted by Crippen LogP contribution is 2.31. The lowest BCUT2D eigenvalue weighted by Gasteiger charge is -2.10. The van der Waals surface area contributed by atoms with Gasteiger partial charge in [0.05, 0.1) is 17.0 Å². The summed E-state index contributed by atoms with van der Waals surface area (Å²) in [5.74, 6) is 0.0340. The minimum Gasteiger partial charge on any atom is -0.314 e. The van der Waals surface area contributed by atoms with Gasteiger partial charge in [-0.3, -0.25) is 0 Å². The molecule has 1 N–H and O–H groups in total. The standard InChI is InChI=1S/C11H8F3N5S/c1-5-7(11(12,13)14)4-16-10(18-5)19-9-6(2)17-8(3-15)20-9/h4H,1-2H3,(H,16,18,19). The van der Waals surface area contributed by atoms with Crippen LogP contribution in [0.1, 0.15) is 22.0 Å². The van der Waals surface area contributed by atoms with E-state index in [2.05, 4.69) is 20.3 Å². The zero-order chi connectivity index (χ0) is 14.9. The van der Waals surface area contributed by atoms with Crippen molar-refractivity contribution in [3.05, 3.63) is 28.2 Å². The summed E-state index contributed by atoms with van der Waals surface area (Å²) >= 11 is 1.08. The molecule has 0 saturated heterocycles. The Balaban J connectivity index is 2.29. The molecule has 2 heterocycles. The van der Waals surface area contributed by atoms with Crippen molar-refractivity contribution in [1.82, 2.24) is 15.0 Å². The van der Waals surface area contributed by atoms with Crippen LogP contribution >= 0.6 is 11.3 Å². The van der Waals surface area contributed by atoms with E-state index < -0.39 is 11.7 Å². The Morgan fingerprint density at radius 3 is 2.45 bits per heavy atom. The van der Waals surface area contributed by atoms with Crippen LogP contribution in [0.15, 0.2) is 6.20 Å². The number of aryl methyl sites for hydroxylation is 2. The van der Waals surface area contributed by atoms with Crippen LogP contribution in [0.3, 0.4) is 0 Å². The first-order chi connectivity index (χ1) is 9.31. The number of aromatic nitrogens is 3. The molecule has 0 aliphatic heterocycles. The second kappa shape index (κ2) is 5.05. The molecule has 104 valence electrons. The summed E-state index contributed by atoms with van der Waals surface area (Å²) in [5, 5.41) is 12.3. The molecule has 0 atom stereocenters. The number of nitrogens with zero attached hydrogens (tertiary/aromatic N) is 4. The van der Waals surface area contributed by atoms with Gasteiger partial charge in [0, 0.05) is 6.20 Å². The van der Waals surface area contributed by atoms with Crippen LogP contribution in [0.2, 0.25) is 0 Å². The summed E-state index contributed by atoms with van der Waals surface area (Å²) in [6.45, 7) is 2.94. The number of nitriles is 1. The fraction of sp³-hybridized carbons (Fsp3) is 0.273. The van der Waals surface area contributed by atoms with E-state index in [1.54, 1.807) is 6.92 Å². The number of alkyl halides is 3. The zero-order valence-electron chi connectivity index (χ0n) is 10.4. The molecular formula is C11H8F3N5S. The highest BCUT2D eigenvalue weighted by atomic mass is 32.1. The van der Waals surface area contributed by atoms with Gasteiger partial charge in [-0.2, -0.15) is 18.4 Å². The lowest BCUT2D eigenvalue weighted by Crippen LogP contribution is -2.11. The second-order valence-corrected chi connectivity index (χ2v) is 4.86. The fourth-order valence-corrected chi connectivity index (χ4v) is 2.22. The number of rotatable bonds is 2. The average molecular weight is 299 g/mol. The summed E-state index contributed by atoms with van der Waals surface area (Å²) in [4.78, 5) is 11.4. The number of nitrogens with one attached hydrogen (secondary N) is 1. The molecule has 2 aromatic heterocycles. The molecule has 20 heavy (non-hydrogen) atoms. The number of anilines is 2. The van der Waals surface area contributed by atoms with Crippen LogP contribution < -0.4 is 5.32 Å². The van der Waals surface area contributed by atoms with Crippen molar-refractivity contribution in [2.24, 2.45) is 0 Å². The minimum atomic E-state index is -4.48. The topological polar surface area (TPSA) is 74.5 Å². The first kappa shape index (κ1) is 14.2. The molecule has 0 amide bonds. The molecule has 0 aliphatic rings. The van der Waals surface area contributed by atoms with Gasteiger partial charge in [0.25, 0.3) is 0 Å². The first-order valence-corrected chi connectivity index (χ1v) is 6.18. The van der Waals surface area contributed by atoms with E-state index in [0.29, 0.717) is 10.7 Å². The quantitative estimate of drug-likeness (QED) is 0.921. The van der Waals surface area contributed by atoms with Crippen molar-refractivity contribution in [3.8, 4) is 6.07 Å². The maximum absolute atomic E-state index is 12.6. The van der Waals surface area contributed by atoms with Crippen molar-refractivity contribution in [2.45, 2.75) is 20.0 Å². The predicted octanol–water partition coefficient (Wildman–Crippen LogP) is 3.18. The van der Waals surface area contributed by atoms with E-state index in [9.17, 15) is 13.2 Å². The van der Waals surface area contributed by atoms with Crippen LogP contribution in [-0.4, -0.2) is 15.0 Å². The third-order valence-corrected chi connectivity index (χ3v) is 3.38. The van der Waals surface area contributed by atoms with Gasteiger partial charge in [-0.25, -0.2) is 15.0 Å². The van der Waals surface area contributed by atoms with Gasteiger partial charge in [0.2, 0.25) is 5.95 Å². The van der Waals surface area contributed by atoms with Gasteiger partial charge in [0.1, 0.15) is 11.1 Å². The molecule has 2 rings (SSSR count). The van der Waals surface area contributed by atoms with Gasteiger partial charge in [-0.05, 0) is 13.8 Å². The molecule has 0 aliphatic carbocycles. The SMILES string of the molecule is Cc1nc(Nc2sc(C#N)nc2C)ncc1C(F)(F)F. The Morgan fingerprint density at radius 1 is 1.25 bits per heavy atom. The van der Waals surface area contributed by atoms with Gasteiger partial charge in [0.15, 0.2) is 5.01 Å². The van der Waals surface area contributed by atoms with Crippen LogP contribution in [0.4, 0.5) is 24.1 Å². The average Bonchev–Trinajstić information content (AvgIpc) is 2.68. The van der Waals surface area contributed by atoms with Gasteiger partial charge in [-0.15, -0.1) is 0 Å². The molecule has 5 nitrogen and oxygen atoms in total. The Hall–Kier alpha value is -2.21. The molecule has 2 aromatic rings. The lowest BCUT2D eigenvalue weighted by atomic mass is 10.2. The molecule has 0 bridgehead atoms. The molecule has 0 saturated carbocycles. The third kappa shape index (κ3) is 2.85. The molecular weight excluding hydrogens is 291 g/mol. The normalized spacial score (nSPS) is 11.2. The van der Waals surface area contributed by atoms with Crippen molar-refractivity contribution in [1.29, 1.82) is 5.26 Å². The van der Waals surface area contributed by atoms with Gasteiger partial charge in [-0.1, -0.05) is 11.3 Å². The van der Waals surface area contributed by atoms with E-state index in [-0.39, 0.29) is 16.6 Å². The number of hydrogen-bond acceptors (Lipinski definition) is 6. The molecule has 0 radical (unpaired) electrons. The van der Waals surface area contributed by atoms with Crippen molar-refractivity contribution >= 4 is 22.3 Å². The Morgan fingerprint density at radius 2 is 1.95 bits per heavy atom. The van der Waals surface area contributed by atoms with Crippen LogP contribution in [0.25, 0.3) is 0 Å². The largest absolute Gasteiger partial charge is 0.419 e. The first-order valence-electron chi connectivity index (χ1n) is 5.36. The summed E-state index contributed by atoms with van der Waals surface area (Å²) in [5.41, 5.74) is -0.479. The highest BCUT2D eigenvalue weighted by Gasteiger charge is 2.33. The molecule has 0 spiro atoms. The van der Waals surface area contributed by atoms with E-state index in [1.165, 1.54) is 6.92 Å². The van der Waals surface area contributed by atoms with Crippen molar-refractivity contribution < 1.29 is 13.2 Å². The maximum Gasteiger partial charge on any atom is 0.419 e. The molecule has 0 fully saturated rings. The predicted molar refractivity (Wildman–Crippen MR) is 66.6 cm³/mol. The van der Waals surface area contributed by atoms with E-state index in [1.807, 2.05) is 6.07 Å². The number of thiazole rings is 1. The van der Waals surface area contributed by atoms with Crippen LogP contribution in [0, 0.1) is 25.2 Å². The number of halogens is 3. The number of hydrogen-bond donors (Lipinski definition) is 1. The zero-order valence-corrected chi connectivity index (χ0v) is 11.2. The van der Waals surface area contributed by atoms with E-state index in [0.717, 1.165) is 17.5 Å². The highest BCUT2D eigenvalue weighted by molar-refractivity contribution is 7.16. The lowest BCUT2D eigenvalue weighted by molar-refractivity contribution is -0.138. The summed E-state index contributed by atoms with van der Waals surface area (Å²) in [6.07, 6.45) is -3.75. The smallest absolute Gasteiger partial charge is 0.314 e. The van der Waals surface area contributed by atoms with E-state index >= 15 is 0 Å². The minimum absolute atomic E-state index is 0.0340.